The molecule has 0 N–H and O–H groups in total. The molecular weight excluding hydrogens is 196 g/mol. The molecule has 2 nitrogen and oxygen atoms in total. The Bertz CT molecular complexity index is 74.7. The van der Waals surface area contributed by atoms with Crippen LogP contribution in [0.15, 0.2) is 0 Å². The Morgan fingerprint density at radius 1 is 0.562 bits per heavy atom. The topological polar surface area (TPSA) is 6.48 Å². The van der Waals surface area contributed by atoms with Crippen LogP contribution in [0.25, 0.3) is 0 Å². The first kappa shape index (κ1) is 36.0. The third-order valence-corrected chi connectivity index (χ3v) is 2.36. The highest BCUT2D eigenvalue weighted by Gasteiger charge is 2.12. The van der Waals surface area contributed by atoms with E-state index in [4.69, 9.17) is 0 Å². The van der Waals surface area contributed by atoms with Crippen molar-refractivity contribution in [1.82, 2.24) is 9.80 Å². The molecule has 0 aromatic carbocycles. The maximum Gasteiger partial charge on any atom is 0.0110 e. The summed E-state index contributed by atoms with van der Waals surface area (Å²) in [6.45, 7) is 12.0. The smallest absolute Gasteiger partial charge is 0.0110 e. The molecule has 1 aliphatic rings. The summed E-state index contributed by atoms with van der Waals surface area (Å²) in [5.74, 6) is 0. The normalized spacial score (nSPS) is 14.6. The Hall–Kier alpha value is -0.0800. The van der Waals surface area contributed by atoms with Gasteiger partial charge in [0.15, 0.2) is 0 Å². The molecule has 0 radical (unpaired) electrons. The summed E-state index contributed by atoms with van der Waals surface area (Å²) >= 11 is 0. The molecule has 1 aliphatic heterocycles. The van der Waals surface area contributed by atoms with Crippen LogP contribution in [-0.2, 0) is 0 Å². The average molecular weight is 239 g/mol. The third-order valence-electron chi connectivity index (χ3n) is 2.36. The lowest BCUT2D eigenvalue weighted by Crippen LogP contribution is -2.45. The van der Waals surface area contributed by atoms with Gasteiger partial charge in [-0.25, -0.2) is 0 Å². The minimum absolute atomic E-state index is 0. The van der Waals surface area contributed by atoms with Crippen molar-refractivity contribution < 1.29 is 0 Å². The number of hydrogen-bond donors (Lipinski definition) is 0. The number of piperazine rings is 1. The quantitative estimate of drug-likeness (QED) is 0.701. The van der Waals surface area contributed by atoms with Crippen molar-refractivity contribution in [3.8, 4) is 0 Å². The molecule has 0 aromatic heterocycles. The Kier molecular flexibility index (Phi) is 45.8. The van der Waals surface area contributed by atoms with E-state index in [0.29, 0.717) is 0 Å². The Labute approximate surface area is 108 Å². The minimum Gasteiger partial charge on any atom is -0.301 e. The van der Waals surface area contributed by atoms with E-state index in [9.17, 15) is 0 Å². The number of rotatable bonds is 2. The molecule has 16 heavy (non-hydrogen) atoms. The molecule has 1 saturated heterocycles. The second-order valence-corrected chi connectivity index (χ2v) is 2.87. The highest BCUT2D eigenvalue weighted by molar-refractivity contribution is 4.69. The van der Waals surface area contributed by atoms with Crippen LogP contribution in [0, 0.1) is 0 Å². The van der Waals surface area contributed by atoms with Crippen molar-refractivity contribution in [2.24, 2.45) is 0 Å². The molecule has 1 fully saturated rings. The summed E-state index contributed by atoms with van der Waals surface area (Å²) in [7, 11) is 0. The highest BCUT2D eigenvalue weighted by atomic mass is 15.2. The molecule has 0 aliphatic carbocycles. The second kappa shape index (κ2) is 20.3. The standard InChI is InChI=1S/C8H18N2.6CH4/c1-3-9-5-7-10(4-2)8-6-9;;;;;;/h3-8H2,1-2H3;6*1H4. The first-order chi connectivity index (χ1) is 4.86. The Balaban J connectivity index is -0.0000000417. The van der Waals surface area contributed by atoms with E-state index in [1.165, 1.54) is 39.3 Å². The van der Waals surface area contributed by atoms with Crippen LogP contribution in [0.2, 0.25) is 0 Å². The van der Waals surface area contributed by atoms with Gasteiger partial charge in [0.1, 0.15) is 0 Å². The summed E-state index contributed by atoms with van der Waals surface area (Å²) < 4.78 is 0. The molecule has 1 heterocycles. The van der Waals surface area contributed by atoms with E-state index in [2.05, 4.69) is 23.6 Å². The fourth-order valence-corrected chi connectivity index (χ4v) is 1.42. The first-order valence-corrected chi connectivity index (χ1v) is 4.31. The second-order valence-electron chi connectivity index (χ2n) is 2.87. The molecule has 1 rings (SSSR count). The third kappa shape index (κ3) is 12.0. The van der Waals surface area contributed by atoms with Crippen molar-refractivity contribution in [1.29, 1.82) is 0 Å². The van der Waals surface area contributed by atoms with Gasteiger partial charge in [-0.15, -0.1) is 0 Å². The van der Waals surface area contributed by atoms with E-state index in [1.807, 2.05) is 0 Å². The monoisotopic (exact) mass is 238 g/mol. The summed E-state index contributed by atoms with van der Waals surface area (Å²) in [5.41, 5.74) is 0. The molecule has 108 valence electrons. The fraction of sp³-hybridized carbons (Fsp3) is 1.00. The number of hydrogen-bond acceptors (Lipinski definition) is 2. The van der Waals surface area contributed by atoms with Gasteiger partial charge in [-0.2, -0.15) is 0 Å². The van der Waals surface area contributed by atoms with Gasteiger partial charge in [-0.3, -0.25) is 0 Å². The number of nitrogens with zero attached hydrogens (tertiary/aromatic N) is 2. The summed E-state index contributed by atoms with van der Waals surface area (Å²) in [6, 6.07) is 0. The van der Waals surface area contributed by atoms with Crippen molar-refractivity contribution in [3.63, 3.8) is 0 Å². The van der Waals surface area contributed by atoms with Gasteiger partial charge in [0.05, 0.1) is 0 Å². The van der Waals surface area contributed by atoms with Crippen molar-refractivity contribution in [2.45, 2.75) is 58.4 Å². The van der Waals surface area contributed by atoms with E-state index in [0.717, 1.165) is 0 Å². The minimum atomic E-state index is 0. The van der Waals surface area contributed by atoms with Crippen LogP contribution in [0.5, 0.6) is 0 Å². The molecule has 0 saturated carbocycles. The number of likely N-dealkylation sites (N-methyl/N-ethyl adjacent to an activating group) is 2. The predicted molar refractivity (Wildman–Crippen MR) is 84.6 cm³/mol. The largest absolute Gasteiger partial charge is 0.301 e. The van der Waals surface area contributed by atoms with Crippen molar-refractivity contribution in [3.05, 3.63) is 0 Å². The lowest BCUT2D eigenvalue weighted by atomic mass is 10.3. The van der Waals surface area contributed by atoms with Crippen LogP contribution in [0.4, 0.5) is 0 Å². The zero-order valence-electron chi connectivity index (χ0n) is 7.14. The van der Waals surface area contributed by atoms with Crippen LogP contribution in [-0.4, -0.2) is 49.1 Å². The molecule has 0 amide bonds. The van der Waals surface area contributed by atoms with Crippen LogP contribution < -0.4 is 0 Å². The van der Waals surface area contributed by atoms with Gasteiger partial charge in [-0.05, 0) is 13.1 Å². The van der Waals surface area contributed by atoms with Crippen LogP contribution >= 0.6 is 0 Å². The van der Waals surface area contributed by atoms with Gasteiger partial charge in [0, 0.05) is 26.2 Å². The van der Waals surface area contributed by atoms with Crippen LogP contribution in [0.1, 0.15) is 58.4 Å². The lowest BCUT2D eigenvalue weighted by Gasteiger charge is -2.33. The lowest BCUT2D eigenvalue weighted by molar-refractivity contribution is 0.142. The predicted octanol–water partition coefficient (Wildman–Crippen LogP) is 4.46. The van der Waals surface area contributed by atoms with Gasteiger partial charge in [0.2, 0.25) is 0 Å². The molecule has 0 bridgehead atoms. The summed E-state index contributed by atoms with van der Waals surface area (Å²) in [4.78, 5) is 5.01. The van der Waals surface area contributed by atoms with Gasteiger partial charge >= 0.3 is 0 Å². The summed E-state index contributed by atoms with van der Waals surface area (Å²) in [5, 5.41) is 0. The molecule has 0 spiro atoms. The van der Waals surface area contributed by atoms with Gasteiger partial charge in [-0.1, -0.05) is 58.4 Å². The molecule has 2 heteroatoms. The zero-order chi connectivity index (χ0) is 7.40. The van der Waals surface area contributed by atoms with Gasteiger partial charge < -0.3 is 9.80 Å². The van der Waals surface area contributed by atoms with Crippen LogP contribution in [0.3, 0.4) is 0 Å². The average Bonchev–Trinajstić information content (AvgIpc) is 2.05. The van der Waals surface area contributed by atoms with E-state index < -0.39 is 0 Å². The maximum absolute atomic E-state index is 2.51. The van der Waals surface area contributed by atoms with Crippen molar-refractivity contribution in [2.75, 3.05) is 39.3 Å². The van der Waals surface area contributed by atoms with E-state index in [-0.39, 0.29) is 44.6 Å². The molecule has 0 unspecified atom stereocenters. The highest BCUT2D eigenvalue weighted by Crippen LogP contribution is 1.99. The Morgan fingerprint density at radius 2 is 0.750 bits per heavy atom. The first-order valence-electron chi connectivity index (χ1n) is 4.31. The molecule has 0 atom stereocenters. The van der Waals surface area contributed by atoms with E-state index >= 15 is 0 Å². The van der Waals surface area contributed by atoms with E-state index in [1.54, 1.807) is 0 Å². The Morgan fingerprint density at radius 3 is 0.875 bits per heavy atom. The summed E-state index contributed by atoms with van der Waals surface area (Å²) in [6.07, 6.45) is 0. The molecule has 0 aromatic rings. The fourth-order valence-electron chi connectivity index (χ4n) is 1.42. The maximum atomic E-state index is 2.51. The van der Waals surface area contributed by atoms with Gasteiger partial charge in [0.25, 0.3) is 0 Å². The van der Waals surface area contributed by atoms with Crippen molar-refractivity contribution >= 4 is 0 Å². The zero-order valence-corrected chi connectivity index (χ0v) is 7.14. The molecular formula is C14H42N2. The SMILES string of the molecule is C.C.C.C.C.C.CCN1CCN(CC)CC1.